The highest BCUT2D eigenvalue weighted by atomic mass is 33.1. The molecule has 6 atom stereocenters. The van der Waals surface area contributed by atoms with Gasteiger partial charge in [-0.3, -0.25) is 38.4 Å². The van der Waals surface area contributed by atoms with E-state index in [0.717, 1.165) is 0 Å². The molecule has 0 saturated carbocycles. The SMILES string of the molecule is CC[C@H](C)[C@@H]1NC(=O)[C@H](Cc2ccc(O)cc2)NC(=O)CCSSC[C@@H](C(C)=O)NN[C@@H](CC(N)=O)C(=O)C(=O)C(CCC(N)=O)NC1=O. The van der Waals surface area contributed by atoms with Gasteiger partial charge < -0.3 is 32.5 Å². The summed E-state index contributed by atoms with van der Waals surface area (Å²) in [6.07, 6.45) is -0.964. The van der Waals surface area contributed by atoms with Crippen LogP contribution in [0.4, 0.5) is 0 Å². The fraction of sp³-hybridized carbons (Fsp3) is 0.548. The summed E-state index contributed by atoms with van der Waals surface area (Å²) in [6, 6.07) is -0.338. The topological polar surface area (TPSA) is 269 Å². The zero-order chi connectivity index (χ0) is 36.7. The molecule has 0 radical (unpaired) electrons. The summed E-state index contributed by atoms with van der Waals surface area (Å²) in [5.74, 6) is -6.40. The number of Topliss-reactive ketones (excluding diaryl/α,β-unsaturated/α-hetero) is 3. The Kier molecular flexibility index (Phi) is 17.2. The van der Waals surface area contributed by atoms with Gasteiger partial charge in [-0.05, 0) is 37.0 Å². The average Bonchev–Trinajstić information content (AvgIpc) is 3.04. The van der Waals surface area contributed by atoms with Gasteiger partial charge in [-0.2, -0.15) is 0 Å². The van der Waals surface area contributed by atoms with Gasteiger partial charge >= 0.3 is 0 Å². The lowest BCUT2D eigenvalue weighted by Crippen LogP contribution is -2.60. The van der Waals surface area contributed by atoms with Gasteiger partial charge in [-0.15, -0.1) is 0 Å². The molecular formula is C31H45N7O9S2. The summed E-state index contributed by atoms with van der Waals surface area (Å²) in [5.41, 5.74) is 16.5. The third-order valence-corrected chi connectivity index (χ3v) is 10.2. The van der Waals surface area contributed by atoms with Crippen molar-refractivity contribution in [3.8, 4) is 5.75 Å². The molecule has 1 heterocycles. The van der Waals surface area contributed by atoms with E-state index in [0.29, 0.717) is 17.7 Å². The first kappa shape index (κ1) is 41.2. The molecule has 0 spiro atoms. The number of amides is 5. The summed E-state index contributed by atoms with van der Waals surface area (Å²) in [5, 5.41) is 17.6. The Balaban J connectivity index is 2.52. The molecule has 1 aromatic carbocycles. The molecule has 0 aromatic heterocycles. The maximum absolute atomic E-state index is 13.7. The Labute approximate surface area is 292 Å². The van der Waals surface area contributed by atoms with Crippen molar-refractivity contribution >= 4 is 68.5 Å². The molecule has 18 heteroatoms. The van der Waals surface area contributed by atoms with E-state index >= 15 is 0 Å². The molecule has 1 unspecified atom stereocenters. The number of hydrogen-bond acceptors (Lipinski definition) is 13. The number of nitrogens with one attached hydrogen (secondary N) is 5. The van der Waals surface area contributed by atoms with E-state index in [2.05, 4.69) is 26.8 Å². The Morgan fingerprint density at radius 1 is 0.878 bits per heavy atom. The first-order chi connectivity index (χ1) is 23.1. The van der Waals surface area contributed by atoms with Crippen molar-refractivity contribution in [1.29, 1.82) is 0 Å². The van der Waals surface area contributed by atoms with Gasteiger partial charge in [0.05, 0.1) is 24.5 Å². The maximum Gasteiger partial charge on any atom is 0.243 e. The molecular weight excluding hydrogens is 679 g/mol. The molecule has 1 saturated heterocycles. The van der Waals surface area contributed by atoms with Gasteiger partial charge in [0.2, 0.25) is 41.1 Å². The van der Waals surface area contributed by atoms with Crippen LogP contribution in [0, 0.1) is 5.92 Å². The third-order valence-electron chi connectivity index (χ3n) is 7.75. The molecule has 10 N–H and O–H groups in total. The Morgan fingerprint density at radius 2 is 1.53 bits per heavy atom. The number of nitrogens with two attached hydrogens (primary N) is 2. The second kappa shape index (κ2) is 20.5. The largest absolute Gasteiger partial charge is 0.508 e. The molecule has 1 aliphatic rings. The van der Waals surface area contributed by atoms with E-state index < -0.39 is 90.1 Å². The van der Waals surface area contributed by atoms with Crippen molar-refractivity contribution in [3.63, 3.8) is 0 Å². The molecule has 49 heavy (non-hydrogen) atoms. The number of benzene rings is 1. The molecule has 16 nitrogen and oxygen atoms in total. The van der Waals surface area contributed by atoms with E-state index in [9.17, 15) is 43.5 Å². The fourth-order valence-electron chi connectivity index (χ4n) is 4.64. The number of carbonyl (C=O) groups excluding carboxylic acids is 8. The summed E-state index contributed by atoms with van der Waals surface area (Å²) < 4.78 is 0. The molecule has 1 aromatic rings. The predicted octanol–water partition coefficient (Wildman–Crippen LogP) is -1.08. The zero-order valence-corrected chi connectivity index (χ0v) is 29.2. The zero-order valence-electron chi connectivity index (χ0n) is 27.6. The fourth-order valence-corrected chi connectivity index (χ4v) is 6.88. The van der Waals surface area contributed by atoms with E-state index in [4.69, 9.17) is 11.5 Å². The number of hydrogen-bond donors (Lipinski definition) is 8. The minimum Gasteiger partial charge on any atom is -0.508 e. The first-order valence-corrected chi connectivity index (χ1v) is 18.2. The van der Waals surface area contributed by atoms with E-state index in [1.807, 2.05) is 0 Å². The van der Waals surface area contributed by atoms with Gasteiger partial charge in [0.25, 0.3) is 0 Å². The van der Waals surface area contributed by atoms with Crippen LogP contribution in [0.25, 0.3) is 0 Å². The minimum atomic E-state index is -1.58. The molecule has 0 bridgehead atoms. The molecule has 1 aliphatic heterocycles. The number of phenolic OH excluding ortho intramolecular Hbond substituents is 1. The smallest absolute Gasteiger partial charge is 0.243 e. The lowest BCUT2D eigenvalue weighted by atomic mass is 9.94. The summed E-state index contributed by atoms with van der Waals surface area (Å²) >= 11 is 0. The maximum atomic E-state index is 13.7. The van der Waals surface area contributed by atoms with E-state index in [1.54, 1.807) is 26.0 Å². The van der Waals surface area contributed by atoms with Crippen LogP contribution in [-0.2, 0) is 44.8 Å². The second-order valence-corrected chi connectivity index (χ2v) is 14.3. The third kappa shape index (κ3) is 14.2. The van der Waals surface area contributed by atoms with Crippen LogP contribution < -0.4 is 38.3 Å². The number of hydrazine groups is 1. The number of aromatic hydroxyl groups is 1. The number of ketones is 3. The van der Waals surface area contributed by atoms with Crippen molar-refractivity contribution in [2.24, 2.45) is 17.4 Å². The molecule has 5 amide bonds. The molecule has 1 fully saturated rings. The van der Waals surface area contributed by atoms with Crippen molar-refractivity contribution in [2.75, 3.05) is 11.5 Å². The number of phenols is 1. The van der Waals surface area contributed by atoms with Crippen molar-refractivity contribution in [3.05, 3.63) is 29.8 Å². The van der Waals surface area contributed by atoms with Gasteiger partial charge in [-0.1, -0.05) is 54.0 Å². The quantitative estimate of drug-likeness (QED) is 0.106. The van der Waals surface area contributed by atoms with Crippen LogP contribution in [0.5, 0.6) is 5.75 Å². The van der Waals surface area contributed by atoms with Crippen LogP contribution >= 0.6 is 21.6 Å². The van der Waals surface area contributed by atoms with Gasteiger partial charge in [0.15, 0.2) is 0 Å². The molecule has 270 valence electrons. The Hall–Kier alpha value is -4.00. The van der Waals surface area contributed by atoms with E-state index in [-0.39, 0.29) is 36.5 Å². The highest BCUT2D eigenvalue weighted by Gasteiger charge is 2.37. The van der Waals surface area contributed by atoms with Gasteiger partial charge in [0.1, 0.15) is 23.6 Å². The predicted molar refractivity (Wildman–Crippen MR) is 183 cm³/mol. The number of carbonyl (C=O) groups is 8. The van der Waals surface area contributed by atoms with E-state index in [1.165, 1.54) is 40.6 Å². The summed E-state index contributed by atoms with van der Waals surface area (Å²) in [7, 11) is 2.54. The highest BCUT2D eigenvalue weighted by molar-refractivity contribution is 8.76. The molecule has 0 aliphatic carbocycles. The van der Waals surface area contributed by atoms with Gasteiger partial charge in [-0.25, -0.2) is 10.9 Å². The first-order valence-electron chi connectivity index (χ1n) is 15.7. The summed E-state index contributed by atoms with van der Waals surface area (Å²) in [4.78, 5) is 103. The van der Waals surface area contributed by atoms with Crippen molar-refractivity contribution in [1.82, 2.24) is 26.8 Å². The summed E-state index contributed by atoms with van der Waals surface area (Å²) in [6.45, 7) is 4.75. The minimum absolute atomic E-state index is 0.00865. The van der Waals surface area contributed by atoms with Crippen LogP contribution in [0.2, 0.25) is 0 Å². The normalized spacial score (nSPS) is 24.6. The highest BCUT2D eigenvalue weighted by Crippen LogP contribution is 2.23. The average molecular weight is 724 g/mol. The van der Waals surface area contributed by atoms with Crippen LogP contribution in [0.15, 0.2) is 24.3 Å². The number of primary amides is 2. The van der Waals surface area contributed by atoms with Crippen molar-refractivity contribution in [2.45, 2.75) is 89.5 Å². The molecule has 2 rings (SSSR count). The van der Waals surface area contributed by atoms with Crippen LogP contribution in [-0.4, -0.2) is 93.7 Å². The lowest BCUT2D eigenvalue weighted by Gasteiger charge is -2.29. The van der Waals surface area contributed by atoms with Crippen molar-refractivity contribution < 1.29 is 43.5 Å². The van der Waals surface area contributed by atoms with Gasteiger partial charge in [0, 0.05) is 30.8 Å². The van der Waals surface area contributed by atoms with Crippen LogP contribution in [0.3, 0.4) is 0 Å². The second-order valence-electron chi connectivity index (χ2n) is 11.7. The monoisotopic (exact) mass is 723 g/mol. The number of rotatable bonds is 10. The Bertz CT molecular complexity index is 1380. The lowest BCUT2D eigenvalue weighted by molar-refractivity contribution is -0.141. The standard InChI is InChI=1S/C31H45N7O9S2/c1-4-16(2)27-31(47)35-20(9-10-24(32)41)28(44)29(45)21(14-25(33)42)37-38-23(17(3)39)15-49-48-12-11-26(43)34-22(30(46)36-27)13-18-5-7-19(40)8-6-18/h5-8,16,20-23,27,37-38,40H,4,9-15H2,1-3H3,(H2,32,41)(H2,33,42)(H,34,43)(H,35,47)(H,36,46)/t16-,20?,21-,22-,23-,27-/m0/s1. The Morgan fingerprint density at radius 3 is 2.12 bits per heavy atom. The van der Waals surface area contributed by atoms with Crippen LogP contribution in [0.1, 0.15) is 58.4 Å².